The second-order valence-electron chi connectivity index (χ2n) is 28.8. The predicted molar refractivity (Wildman–Crippen MR) is 421 cm³/mol. The van der Waals surface area contributed by atoms with E-state index in [4.69, 9.17) is 25.1 Å². The highest BCUT2D eigenvalue weighted by atomic mass is 16.5. The number of methoxy groups -OCH3 is 1. The summed E-state index contributed by atoms with van der Waals surface area (Å²) in [5.74, 6) is -9.39. The van der Waals surface area contributed by atoms with Gasteiger partial charge in [-0.05, 0) is 147 Å². The van der Waals surface area contributed by atoms with Gasteiger partial charge in [0.15, 0.2) is 0 Å². The Morgan fingerprint density at radius 2 is 0.991 bits per heavy atom. The molecule has 1 heterocycles. The van der Waals surface area contributed by atoms with E-state index in [0.29, 0.717) is 89.8 Å². The van der Waals surface area contributed by atoms with E-state index in [2.05, 4.69) is 53.9 Å². The lowest BCUT2D eigenvalue weighted by Gasteiger charge is -2.33. The SMILES string of the molecule is COc1ccc(CCCC(=O)NCC(=O)N[C@@H](CCCCNC(=O)COCCOCCNC(=O)CN2CCN(CC(N)=O)CCN(CC(=O)O)CCN(CC(=O)O)CC2)C(=O)NCC2CCC(C(=O)N[C@@H](Cc3c4ccccc4cc4ccccc34)C(=O)NCCCC[C@H](NC(=O)N[C@@H](CCCC(=O)O)C(=O)O)C(=O)O)CC2)cc1. The largest absolute Gasteiger partial charge is 0.497 e. The number of fused-ring (bicyclic) bond motifs is 2. The number of hydrogen-bond donors (Lipinski definition) is 15. The molecule has 6 rings (SSSR count). The van der Waals surface area contributed by atoms with Crippen molar-refractivity contribution in [3.8, 4) is 5.75 Å². The van der Waals surface area contributed by atoms with E-state index in [-0.39, 0.29) is 186 Å². The van der Waals surface area contributed by atoms with E-state index in [1.54, 1.807) is 21.8 Å². The zero-order valence-corrected chi connectivity index (χ0v) is 65.4. The Bertz CT molecular complexity index is 3780. The topological polar surface area (TPSA) is 515 Å². The van der Waals surface area contributed by atoms with Crippen LogP contribution in [0.25, 0.3) is 21.5 Å². The van der Waals surface area contributed by atoms with E-state index >= 15 is 0 Å². The van der Waals surface area contributed by atoms with Gasteiger partial charge in [0.25, 0.3) is 0 Å². The van der Waals surface area contributed by atoms with E-state index < -0.39 is 95.5 Å². The highest BCUT2D eigenvalue weighted by Crippen LogP contribution is 2.32. The Morgan fingerprint density at radius 3 is 1.55 bits per heavy atom. The number of nitrogens with two attached hydrogens (primary N) is 1. The Kier molecular flexibility index (Phi) is 41.5. The van der Waals surface area contributed by atoms with Crippen molar-refractivity contribution in [2.24, 2.45) is 17.6 Å². The lowest BCUT2D eigenvalue weighted by Crippen LogP contribution is -2.51. The molecule has 10 amide bonds. The van der Waals surface area contributed by atoms with Crippen LogP contribution in [-0.4, -0.2) is 297 Å². The smallest absolute Gasteiger partial charge is 0.326 e. The van der Waals surface area contributed by atoms with E-state index in [0.717, 1.165) is 32.7 Å². The van der Waals surface area contributed by atoms with Crippen LogP contribution in [0.15, 0.2) is 78.9 Å². The maximum Gasteiger partial charge on any atom is 0.326 e. The van der Waals surface area contributed by atoms with E-state index in [9.17, 15) is 87.5 Å². The van der Waals surface area contributed by atoms with Gasteiger partial charge in [-0.3, -0.25) is 72.3 Å². The van der Waals surface area contributed by atoms with Crippen molar-refractivity contribution in [3.63, 3.8) is 0 Å². The number of nitrogens with one attached hydrogen (secondary N) is 9. The lowest BCUT2D eigenvalue weighted by atomic mass is 9.81. The van der Waals surface area contributed by atoms with Crippen LogP contribution in [0, 0.1) is 11.8 Å². The minimum Gasteiger partial charge on any atom is -0.497 e. The number of carbonyl (C=O) groups excluding carboxylic acids is 9. The van der Waals surface area contributed by atoms with Crippen LogP contribution in [0.2, 0.25) is 0 Å². The molecule has 0 bridgehead atoms. The minimum absolute atomic E-state index is 0.0373. The number of carbonyl (C=O) groups is 14. The van der Waals surface area contributed by atoms with E-state index in [1.807, 2.05) is 77.7 Å². The van der Waals surface area contributed by atoms with Gasteiger partial charge in [-0.15, -0.1) is 0 Å². The summed E-state index contributed by atoms with van der Waals surface area (Å²) in [7, 11) is 1.57. The molecule has 1 aliphatic carbocycles. The second kappa shape index (κ2) is 51.2. The predicted octanol–water partition coefficient (Wildman–Crippen LogP) is 0.634. The van der Waals surface area contributed by atoms with Gasteiger partial charge in [-0.1, -0.05) is 60.7 Å². The Labute approximate surface area is 667 Å². The maximum absolute atomic E-state index is 14.4. The summed E-state index contributed by atoms with van der Waals surface area (Å²) in [4.78, 5) is 185. The summed E-state index contributed by atoms with van der Waals surface area (Å²) < 4.78 is 16.3. The molecule has 4 aromatic rings. The monoisotopic (exact) mass is 1610 g/mol. The molecule has 1 saturated heterocycles. The van der Waals surface area contributed by atoms with Gasteiger partial charge in [0.2, 0.25) is 47.3 Å². The van der Waals surface area contributed by atoms with Crippen molar-refractivity contribution in [2.75, 3.05) is 145 Å². The third kappa shape index (κ3) is 36.6. The number of amides is 10. The number of benzene rings is 4. The molecule has 1 aliphatic heterocycles. The highest BCUT2D eigenvalue weighted by Gasteiger charge is 2.33. The maximum atomic E-state index is 14.4. The number of carboxylic acids is 5. The molecular weight excluding hydrogens is 1500 g/mol. The fraction of sp³-hybridized carbons (Fsp3) is 0.570. The molecule has 0 radical (unpaired) electrons. The fourth-order valence-corrected chi connectivity index (χ4v) is 13.7. The lowest BCUT2D eigenvalue weighted by molar-refractivity contribution is -0.141. The number of hydrogen-bond acceptors (Lipinski definition) is 21. The quantitative estimate of drug-likeness (QED) is 0.0213. The molecule has 2 fully saturated rings. The number of urea groups is 1. The first-order chi connectivity index (χ1) is 55.2. The molecular formula is C79H114N14O22. The average Bonchev–Trinajstić information content (AvgIpc) is 0.772. The number of aryl methyl sites for hydroxylation is 1. The van der Waals surface area contributed by atoms with Crippen molar-refractivity contribution in [1.82, 2.24) is 67.5 Å². The number of unbranched alkanes of at least 4 members (excludes halogenated alkanes) is 2. The number of nitrogens with zero attached hydrogens (tertiary/aromatic N) is 4. The summed E-state index contributed by atoms with van der Waals surface area (Å²) >= 11 is 0. The molecule has 0 unspecified atom stereocenters. The summed E-state index contributed by atoms with van der Waals surface area (Å²) in [6.07, 6.45) is 4.12. The minimum atomic E-state index is -1.46. The summed E-state index contributed by atoms with van der Waals surface area (Å²) in [6, 6.07) is 19.0. The standard InChI is InChI=1S/C79H114N14O22/c1-113-58-28-24-53(25-29-58)12-10-20-67(95)84-47-68(96)86-62(17-6-8-30-81-70(98)52-115-43-42-114-41-32-82-69(97)49-91-35-33-90(48-66(80)94)34-37-92(50-72(101)102)39-40-93(38-36-91)51-73(103)104)75(106)85-46-54-22-26-55(27-23-54)74(105)87-65(45-61-59-15-4-2-13-56(59)44-57-14-3-5-16-60(57)61)76(107)83-31-9-7-18-63(77(108)109)88-79(112)89-64(78(110)111)19-11-21-71(99)100/h2-5,13-16,24-25,28-29,44,54-55,62-65H,6-12,17-23,26-27,30-43,45-52H2,1H3,(H2,80,94)(H,81,98)(H,82,97)(H,83,107)(H,84,95)(H,85,106)(H,86,96)(H,87,105)(H,99,100)(H,101,102)(H,103,104)(H,108,109)(H,110,111)(H2,88,89,112)/t54?,55?,62-,63-,64-,65-/m0/s1. The van der Waals surface area contributed by atoms with Gasteiger partial charge < -0.3 is 93.3 Å². The van der Waals surface area contributed by atoms with E-state index in [1.165, 1.54) is 0 Å². The normalized spacial score (nSPS) is 16.3. The highest BCUT2D eigenvalue weighted by molar-refractivity contribution is 6.03. The zero-order valence-electron chi connectivity index (χ0n) is 65.4. The van der Waals surface area contributed by atoms with Crippen molar-refractivity contribution < 1.29 is 107 Å². The zero-order chi connectivity index (χ0) is 83.4. The van der Waals surface area contributed by atoms with Crippen molar-refractivity contribution in [1.29, 1.82) is 0 Å². The number of primary amides is 1. The van der Waals surface area contributed by atoms with Crippen molar-refractivity contribution >= 4 is 105 Å². The molecule has 632 valence electrons. The van der Waals surface area contributed by atoms with Gasteiger partial charge in [0.1, 0.15) is 36.5 Å². The van der Waals surface area contributed by atoms with Gasteiger partial charge >= 0.3 is 35.9 Å². The molecule has 4 atom stereocenters. The Balaban J connectivity index is 0.962. The molecule has 1 saturated carbocycles. The Hall–Kier alpha value is -10.7. The third-order valence-electron chi connectivity index (χ3n) is 20.0. The fourth-order valence-electron chi connectivity index (χ4n) is 13.7. The molecule has 0 spiro atoms. The molecule has 2 aliphatic rings. The number of aliphatic carboxylic acids is 5. The first-order valence-corrected chi connectivity index (χ1v) is 39.2. The van der Waals surface area contributed by atoms with Gasteiger partial charge in [0.05, 0.1) is 59.7 Å². The average molecular weight is 1610 g/mol. The first kappa shape index (κ1) is 93.2. The van der Waals surface area contributed by atoms with Crippen LogP contribution in [-0.2, 0) is 84.6 Å². The molecule has 4 aromatic carbocycles. The molecule has 16 N–H and O–H groups in total. The van der Waals surface area contributed by atoms with Crippen LogP contribution in [0.3, 0.4) is 0 Å². The van der Waals surface area contributed by atoms with Crippen molar-refractivity contribution in [3.05, 3.63) is 90.0 Å². The van der Waals surface area contributed by atoms with Crippen molar-refractivity contribution in [2.45, 2.75) is 133 Å². The number of rotatable bonds is 50. The van der Waals surface area contributed by atoms with Crippen LogP contribution in [0.4, 0.5) is 4.79 Å². The second-order valence-corrected chi connectivity index (χ2v) is 28.8. The van der Waals surface area contributed by atoms with Crippen LogP contribution in [0.5, 0.6) is 5.75 Å². The van der Waals surface area contributed by atoms with Crippen LogP contribution in [0.1, 0.15) is 107 Å². The van der Waals surface area contributed by atoms with Gasteiger partial charge in [0, 0.05) is 104 Å². The molecule has 0 aromatic heterocycles. The Morgan fingerprint density at radius 1 is 0.470 bits per heavy atom. The first-order valence-electron chi connectivity index (χ1n) is 39.2. The number of ether oxygens (including phenoxy) is 3. The summed E-state index contributed by atoms with van der Waals surface area (Å²) in [5, 5.41) is 75.4. The number of carboxylic acid groups (broad SMARTS) is 5. The summed E-state index contributed by atoms with van der Waals surface area (Å²) in [6.45, 7) is 2.04. The summed E-state index contributed by atoms with van der Waals surface area (Å²) in [5.41, 5.74) is 7.35. The molecule has 36 nitrogen and oxygen atoms in total. The van der Waals surface area contributed by atoms with Gasteiger partial charge in [-0.2, -0.15) is 0 Å². The van der Waals surface area contributed by atoms with Gasteiger partial charge in [-0.25, -0.2) is 14.4 Å². The third-order valence-corrected chi connectivity index (χ3v) is 20.0. The van der Waals surface area contributed by atoms with Crippen LogP contribution >= 0.6 is 0 Å². The molecule has 115 heavy (non-hydrogen) atoms. The molecule has 36 heteroatoms. The van der Waals surface area contributed by atoms with Crippen LogP contribution < -0.4 is 58.3 Å².